The van der Waals surface area contributed by atoms with Gasteiger partial charge in [0, 0.05) is 24.7 Å². The van der Waals surface area contributed by atoms with Gasteiger partial charge in [-0.3, -0.25) is 0 Å². The highest BCUT2D eigenvalue weighted by Gasteiger charge is 2.30. The minimum atomic E-state index is 0.0914. The Labute approximate surface area is 82.3 Å². The smallest absolute Gasteiger partial charge is 0.0328 e. The van der Waals surface area contributed by atoms with Crippen LogP contribution in [0, 0.1) is 0 Å². The van der Waals surface area contributed by atoms with Gasteiger partial charge in [0.1, 0.15) is 0 Å². The van der Waals surface area contributed by atoms with E-state index in [4.69, 9.17) is 11.5 Å². The lowest BCUT2D eigenvalue weighted by atomic mass is 9.83. The monoisotopic (exact) mass is 187 g/mol. The molecule has 0 saturated carbocycles. The van der Waals surface area contributed by atoms with Gasteiger partial charge in [-0.05, 0) is 19.3 Å². The molecule has 0 fully saturated rings. The molecule has 80 valence electrons. The minimum Gasteiger partial charge on any atom is -0.329 e. The Morgan fingerprint density at radius 2 is 1.77 bits per heavy atom. The van der Waals surface area contributed by atoms with Crippen LogP contribution in [0.3, 0.4) is 0 Å². The van der Waals surface area contributed by atoms with Gasteiger partial charge in [0.25, 0.3) is 0 Å². The van der Waals surface area contributed by atoms with Crippen LogP contribution in [0.5, 0.6) is 0 Å². The molecule has 0 aliphatic carbocycles. The average Bonchev–Trinajstić information content (AvgIpc) is 2.19. The van der Waals surface area contributed by atoms with Crippen LogP contribution >= 0.6 is 0 Å². The summed E-state index contributed by atoms with van der Waals surface area (Å²) in [7, 11) is 0. The third-order valence-corrected chi connectivity index (χ3v) is 3.03. The highest BCUT2D eigenvalue weighted by molar-refractivity contribution is 4.94. The molecule has 0 aromatic rings. The van der Waals surface area contributed by atoms with Gasteiger partial charge in [0.2, 0.25) is 0 Å². The molecule has 3 heteroatoms. The predicted octanol–water partition coefficient (Wildman–Crippen LogP) is 0.831. The van der Waals surface area contributed by atoms with E-state index in [2.05, 4.69) is 26.1 Å². The molecule has 0 radical (unpaired) electrons. The molecular formula is C10H25N3. The normalized spacial score (nSPS) is 14.5. The summed E-state index contributed by atoms with van der Waals surface area (Å²) in [6.07, 6.45) is 3.15. The fourth-order valence-corrected chi connectivity index (χ4v) is 1.87. The van der Waals surface area contributed by atoms with Crippen molar-refractivity contribution in [1.82, 2.24) is 5.32 Å². The summed E-state index contributed by atoms with van der Waals surface area (Å²) in [5.41, 5.74) is 11.7. The largest absolute Gasteiger partial charge is 0.329 e. The van der Waals surface area contributed by atoms with Crippen LogP contribution < -0.4 is 16.8 Å². The minimum absolute atomic E-state index is 0.0914. The van der Waals surface area contributed by atoms with E-state index >= 15 is 0 Å². The molecule has 1 atom stereocenters. The summed E-state index contributed by atoms with van der Waals surface area (Å²) in [6, 6.07) is 0.231. The molecule has 3 nitrogen and oxygen atoms in total. The van der Waals surface area contributed by atoms with Crippen molar-refractivity contribution in [2.45, 2.75) is 51.6 Å². The molecule has 0 heterocycles. The molecule has 0 aromatic heterocycles. The Bertz CT molecular complexity index is 121. The van der Waals surface area contributed by atoms with Crippen LogP contribution in [-0.4, -0.2) is 24.7 Å². The Balaban J connectivity index is 4.29. The Hall–Kier alpha value is -0.120. The molecule has 0 aliphatic rings. The maximum atomic E-state index is 6.11. The van der Waals surface area contributed by atoms with Crippen LogP contribution in [0.1, 0.15) is 40.0 Å². The van der Waals surface area contributed by atoms with Crippen LogP contribution in [-0.2, 0) is 0 Å². The number of nitrogens with one attached hydrogen (secondary N) is 1. The van der Waals surface area contributed by atoms with Gasteiger partial charge in [-0.1, -0.05) is 20.8 Å². The van der Waals surface area contributed by atoms with Crippen LogP contribution in [0.2, 0.25) is 0 Å². The van der Waals surface area contributed by atoms with Crippen molar-refractivity contribution < 1.29 is 0 Å². The molecule has 0 spiro atoms. The summed E-state index contributed by atoms with van der Waals surface area (Å²) in [5, 5.41) is 3.48. The fraction of sp³-hybridized carbons (Fsp3) is 1.00. The van der Waals surface area contributed by atoms with E-state index in [-0.39, 0.29) is 11.6 Å². The van der Waals surface area contributed by atoms with Crippen molar-refractivity contribution in [3.05, 3.63) is 0 Å². The molecule has 13 heavy (non-hydrogen) atoms. The van der Waals surface area contributed by atoms with Crippen molar-refractivity contribution >= 4 is 0 Å². The molecule has 1 unspecified atom stereocenters. The molecule has 0 amide bonds. The first kappa shape index (κ1) is 12.9. The molecule has 0 aliphatic heterocycles. The number of rotatable bonds is 7. The van der Waals surface area contributed by atoms with Crippen molar-refractivity contribution in [3.63, 3.8) is 0 Å². The summed E-state index contributed by atoms with van der Waals surface area (Å²) in [6.45, 7) is 8.04. The van der Waals surface area contributed by atoms with Crippen molar-refractivity contribution in [2.75, 3.05) is 13.1 Å². The third kappa shape index (κ3) is 3.25. The Morgan fingerprint density at radius 3 is 2.08 bits per heavy atom. The first-order chi connectivity index (χ1) is 6.16. The lowest BCUT2D eigenvalue weighted by molar-refractivity contribution is 0.243. The van der Waals surface area contributed by atoms with E-state index in [1.54, 1.807) is 0 Å². The van der Waals surface area contributed by atoms with Gasteiger partial charge >= 0.3 is 0 Å². The summed E-state index contributed by atoms with van der Waals surface area (Å²) >= 11 is 0. The second-order valence-electron chi connectivity index (χ2n) is 3.59. The first-order valence-corrected chi connectivity index (χ1v) is 5.37. The van der Waals surface area contributed by atoms with E-state index in [9.17, 15) is 0 Å². The van der Waals surface area contributed by atoms with Crippen molar-refractivity contribution in [1.29, 1.82) is 0 Å². The number of nitrogens with two attached hydrogens (primary N) is 2. The number of hydrogen-bond donors (Lipinski definition) is 3. The van der Waals surface area contributed by atoms with E-state index in [0.717, 1.165) is 25.8 Å². The van der Waals surface area contributed by atoms with Crippen molar-refractivity contribution in [3.8, 4) is 0 Å². The van der Waals surface area contributed by atoms with Gasteiger partial charge in [-0.15, -0.1) is 0 Å². The maximum Gasteiger partial charge on any atom is 0.0328 e. The van der Waals surface area contributed by atoms with Gasteiger partial charge in [0.15, 0.2) is 0 Å². The predicted molar refractivity (Wildman–Crippen MR) is 58.6 cm³/mol. The zero-order valence-corrected chi connectivity index (χ0v) is 9.27. The van der Waals surface area contributed by atoms with Gasteiger partial charge in [-0.2, -0.15) is 0 Å². The molecule has 0 aromatic carbocycles. The SMILES string of the molecule is CCC(N)C(CC)(CC)NCCN. The molecule has 0 saturated heterocycles. The molecule has 5 N–H and O–H groups in total. The lowest BCUT2D eigenvalue weighted by Gasteiger charge is -2.38. The highest BCUT2D eigenvalue weighted by Crippen LogP contribution is 2.20. The maximum absolute atomic E-state index is 6.11. The van der Waals surface area contributed by atoms with E-state index < -0.39 is 0 Å². The molecule has 0 bridgehead atoms. The van der Waals surface area contributed by atoms with E-state index in [1.807, 2.05) is 0 Å². The topological polar surface area (TPSA) is 64.1 Å². The third-order valence-electron chi connectivity index (χ3n) is 3.03. The van der Waals surface area contributed by atoms with Gasteiger partial charge < -0.3 is 16.8 Å². The summed E-state index contributed by atoms with van der Waals surface area (Å²) in [4.78, 5) is 0. The second kappa shape index (κ2) is 6.35. The molecular weight excluding hydrogens is 162 g/mol. The standard InChI is InChI=1S/C10H25N3/c1-4-9(12)10(5-2,6-3)13-8-7-11/h9,13H,4-8,11-12H2,1-3H3. The van der Waals surface area contributed by atoms with Crippen LogP contribution in [0.15, 0.2) is 0 Å². The van der Waals surface area contributed by atoms with Crippen LogP contribution in [0.25, 0.3) is 0 Å². The quantitative estimate of drug-likeness (QED) is 0.553. The summed E-state index contributed by atoms with van der Waals surface area (Å²) in [5.74, 6) is 0. The Kier molecular flexibility index (Phi) is 6.29. The Morgan fingerprint density at radius 1 is 1.23 bits per heavy atom. The number of hydrogen-bond acceptors (Lipinski definition) is 3. The summed E-state index contributed by atoms with van der Waals surface area (Å²) < 4.78 is 0. The van der Waals surface area contributed by atoms with Crippen LogP contribution in [0.4, 0.5) is 0 Å². The first-order valence-electron chi connectivity index (χ1n) is 5.37. The molecule has 0 rings (SSSR count). The second-order valence-corrected chi connectivity index (χ2v) is 3.59. The lowest BCUT2D eigenvalue weighted by Crippen LogP contribution is -2.58. The van der Waals surface area contributed by atoms with Gasteiger partial charge in [-0.25, -0.2) is 0 Å². The zero-order chi connectivity index (χ0) is 10.3. The van der Waals surface area contributed by atoms with Crippen molar-refractivity contribution in [2.24, 2.45) is 11.5 Å². The average molecular weight is 187 g/mol. The van der Waals surface area contributed by atoms with E-state index in [0.29, 0.717) is 6.54 Å². The zero-order valence-electron chi connectivity index (χ0n) is 9.27. The highest BCUT2D eigenvalue weighted by atomic mass is 15.0. The van der Waals surface area contributed by atoms with E-state index in [1.165, 1.54) is 0 Å². The fourth-order valence-electron chi connectivity index (χ4n) is 1.87. The van der Waals surface area contributed by atoms with Gasteiger partial charge in [0.05, 0.1) is 0 Å².